The fourth-order valence-corrected chi connectivity index (χ4v) is 3.18. The molecule has 1 aromatic carbocycles. The highest BCUT2D eigenvalue weighted by Crippen LogP contribution is 2.26. The molecule has 2 heterocycles. The topological polar surface area (TPSA) is 53.9 Å². The van der Waals surface area contributed by atoms with Crippen LogP contribution in [-0.2, 0) is 6.54 Å². The van der Waals surface area contributed by atoms with E-state index in [1.54, 1.807) is 0 Å². The molecule has 5 nitrogen and oxygen atoms in total. The number of aryl methyl sites for hydroxylation is 2. The largest absolute Gasteiger partial charge is 0.338 e. The molecule has 0 aliphatic heterocycles. The van der Waals surface area contributed by atoms with E-state index in [4.69, 9.17) is 0 Å². The normalized spacial score (nSPS) is 11.3. The van der Waals surface area contributed by atoms with Crippen LogP contribution in [0.25, 0.3) is 11.0 Å². The molecule has 27 heavy (non-hydrogen) atoms. The van der Waals surface area contributed by atoms with Gasteiger partial charge >= 0.3 is 0 Å². The Balaban J connectivity index is 1.91. The summed E-state index contributed by atoms with van der Waals surface area (Å²) in [5, 5.41) is 3.46. The molecule has 0 unspecified atom stereocenters. The minimum Gasteiger partial charge on any atom is -0.338 e. The summed E-state index contributed by atoms with van der Waals surface area (Å²) in [5.41, 5.74) is 6.39. The lowest BCUT2D eigenvalue weighted by molar-refractivity contribution is 0.320. The molecule has 5 heteroatoms. The lowest BCUT2D eigenvalue weighted by Crippen LogP contribution is -2.19. The van der Waals surface area contributed by atoms with Crippen molar-refractivity contribution in [3.63, 3.8) is 0 Å². The van der Waals surface area contributed by atoms with Crippen LogP contribution in [0.3, 0.4) is 0 Å². The molecule has 142 valence electrons. The van der Waals surface area contributed by atoms with Gasteiger partial charge in [-0.05, 0) is 69.6 Å². The van der Waals surface area contributed by atoms with Crippen LogP contribution in [0.4, 0.5) is 11.5 Å². The Hall–Kier alpha value is -2.53. The lowest BCUT2D eigenvalue weighted by Gasteiger charge is -2.17. The van der Waals surface area contributed by atoms with Crippen molar-refractivity contribution in [2.75, 3.05) is 18.9 Å². The van der Waals surface area contributed by atoms with Gasteiger partial charge in [-0.1, -0.05) is 25.5 Å². The van der Waals surface area contributed by atoms with Crippen LogP contribution in [0.1, 0.15) is 42.3 Å². The molecule has 0 spiro atoms. The molecule has 0 amide bonds. The maximum atomic E-state index is 4.69. The summed E-state index contributed by atoms with van der Waals surface area (Å²) in [6, 6.07) is 8.37. The molecule has 2 aromatic heterocycles. The molecule has 0 saturated heterocycles. The third-order valence-corrected chi connectivity index (χ3v) is 4.91. The number of hydrogen-bond acceptors (Lipinski definition) is 5. The summed E-state index contributed by atoms with van der Waals surface area (Å²) >= 11 is 0. The molecule has 3 aromatic rings. The van der Waals surface area contributed by atoms with Crippen molar-refractivity contribution >= 4 is 22.5 Å². The highest BCUT2D eigenvalue weighted by molar-refractivity contribution is 5.87. The van der Waals surface area contributed by atoms with Crippen LogP contribution in [0, 0.1) is 20.8 Å². The van der Waals surface area contributed by atoms with Gasteiger partial charge in [0.2, 0.25) is 0 Å². The summed E-state index contributed by atoms with van der Waals surface area (Å²) < 4.78 is 0. The van der Waals surface area contributed by atoms with Crippen molar-refractivity contribution in [1.82, 2.24) is 19.9 Å². The predicted octanol–water partition coefficient (Wildman–Crippen LogP) is 4.93. The third-order valence-electron chi connectivity index (χ3n) is 4.91. The van der Waals surface area contributed by atoms with Crippen molar-refractivity contribution in [1.29, 1.82) is 0 Å². The maximum Gasteiger partial charge on any atom is 0.160 e. The molecular weight excluding hydrogens is 334 g/mol. The van der Waals surface area contributed by atoms with E-state index in [1.165, 1.54) is 29.5 Å². The number of nitrogens with zero attached hydrogens (tertiary/aromatic N) is 4. The van der Waals surface area contributed by atoms with E-state index in [-0.39, 0.29) is 0 Å². The minimum absolute atomic E-state index is 0.744. The first kappa shape index (κ1) is 19.2. The van der Waals surface area contributed by atoms with Gasteiger partial charge in [-0.2, -0.15) is 0 Å². The Morgan fingerprint density at radius 1 is 1.11 bits per heavy atom. The van der Waals surface area contributed by atoms with Gasteiger partial charge in [0.15, 0.2) is 5.82 Å². The average molecular weight is 364 g/mol. The van der Waals surface area contributed by atoms with Crippen molar-refractivity contribution in [3.05, 3.63) is 53.0 Å². The van der Waals surface area contributed by atoms with Crippen molar-refractivity contribution in [2.45, 2.75) is 47.1 Å². The quantitative estimate of drug-likeness (QED) is 0.645. The summed E-state index contributed by atoms with van der Waals surface area (Å²) in [4.78, 5) is 16.2. The van der Waals surface area contributed by atoms with Crippen LogP contribution in [-0.4, -0.2) is 33.4 Å². The standard InChI is InChI=1S/C22H29N5/c1-6-7-11-27(5)14-18-12-20-21(23-13-18)22(25-17(4)24-20)26-19-10-8-9-15(2)16(19)3/h8-10,12-13H,6-7,11,14H2,1-5H3,(H,24,25,26). The number of anilines is 2. The molecule has 0 aliphatic carbocycles. The number of nitrogens with one attached hydrogen (secondary N) is 1. The summed E-state index contributed by atoms with van der Waals surface area (Å²) in [6.45, 7) is 10.3. The van der Waals surface area contributed by atoms with Crippen molar-refractivity contribution in [2.24, 2.45) is 0 Å². The summed E-state index contributed by atoms with van der Waals surface area (Å²) in [7, 11) is 2.15. The average Bonchev–Trinajstić information content (AvgIpc) is 2.63. The van der Waals surface area contributed by atoms with Crippen molar-refractivity contribution in [3.8, 4) is 0 Å². The van der Waals surface area contributed by atoms with Crippen LogP contribution in [0.15, 0.2) is 30.5 Å². The molecular formula is C22H29N5. The molecule has 3 rings (SSSR count). The Morgan fingerprint density at radius 3 is 2.70 bits per heavy atom. The zero-order chi connectivity index (χ0) is 19.4. The molecule has 0 atom stereocenters. The van der Waals surface area contributed by atoms with Crippen LogP contribution in [0.5, 0.6) is 0 Å². The van der Waals surface area contributed by atoms with E-state index in [9.17, 15) is 0 Å². The van der Waals surface area contributed by atoms with E-state index in [0.717, 1.165) is 41.5 Å². The molecule has 0 saturated carbocycles. The van der Waals surface area contributed by atoms with Gasteiger partial charge in [0.05, 0.1) is 5.52 Å². The van der Waals surface area contributed by atoms with E-state index in [1.807, 2.05) is 13.1 Å². The fourth-order valence-electron chi connectivity index (χ4n) is 3.18. The van der Waals surface area contributed by atoms with Crippen LogP contribution < -0.4 is 5.32 Å². The molecule has 0 bridgehead atoms. The van der Waals surface area contributed by atoms with Crippen molar-refractivity contribution < 1.29 is 0 Å². The number of hydrogen-bond donors (Lipinski definition) is 1. The number of rotatable bonds is 7. The zero-order valence-corrected chi connectivity index (χ0v) is 17.0. The van der Waals surface area contributed by atoms with Crippen LogP contribution in [0.2, 0.25) is 0 Å². The van der Waals surface area contributed by atoms with Gasteiger partial charge in [-0.3, -0.25) is 4.98 Å². The van der Waals surface area contributed by atoms with Gasteiger partial charge in [0, 0.05) is 18.4 Å². The Kier molecular flexibility index (Phi) is 6.01. The number of benzene rings is 1. The Bertz CT molecular complexity index is 935. The fraction of sp³-hybridized carbons (Fsp3) is 0.409. The first-order valence-corrected chi connectivity index (χ1v) is 9.63. The zero-order valence-electron chi connectivity index (χ0n) is 17.0. The highest BCUT2D eigenvalue weighted by Gasteiger charge is 2.11. The first-order chi connectivity index (χ1) is 13.0. The molecule has 1 N–H and O–H groups in total. The van der Waals surface area contributed by atoms with E-state index in [0.29, 0.717) is 0 Å². The van der Waals surface area contributed by atoms with Gasteiger partial charge in [0.25, 0.3) is 0 Å². The third kappa shape index (κ3) is 4.61. The summed E-state index contributed by atoms with van der Waals surface area (Å²) in [5.74, 6) is 1.51. The summed E-state index contributed by atoms with van der Waals surface area (Å²) in [6.07, 6.45) is 4.36. The minimum atomic E-state index is 0.744. The van der Waals surface area contributed by atoms with Gasteiger partial charge in [-0.15, -0.1) is 0 Å². The SMILES string of the molecule is CCCCN(C)Cc1cnc2c(Nc3cccc(C)c3C)nc(C)nc2c1. The van der Waals surface area contributed by atoms with Gasteiger partial charge < -0.3 is 10.2 Å². The highest BCUT2D eigenvalue weighted by atomic mass is 15.1. The first-order valence-electron chi connectivity index (χ1n) is 9.63. The smallest absolute Gasteiger partial charge is 0.160 e. The Labute approximate surface area is 161 Å². The second-order valence-electron chi connectivity index (χ2n) is 7.29. The molecule has 0 aliphatic rings. The number of aromatic nitrogens is 3. The van der Waals surface area contributed by atoms with E-state index >= 15 is 0 Å². The predicted molar refractivity (Wildman–Crippen MR) is 113 cm³/mol. The molecule has 0 radical (unpaired) electrons. The Morgan fingerprint density at radius 2 is 1.93 bits per heavy atom. The lowest BCUT2D eigenvalue weighted by atomic mass is 10.1. The monoisotopic (exact) mass is 363 g/mol. The van der Waals surface area contributed by atoms with Gasteiger partial charge in [-0.25, -0.2) is 9.97 Å². The number of pyridine rings is 1. The van der Waals surface area contributed by atoms with Crippen LogP contribution >= 0.6 is 0 Å². The van der Waals surface area contributed by atoms with Gasteiger partial charge in [0.1, 0.15) is 11.3 Å². The second-order valence-corrected chi connectivity index (χ2v) is 7.29. The number of unbranched alkanes of at least 4 members (excludes halogenated alkanes) is 1. The van der Waals surface area contributed by atoms with E-state index < -0.39 is 0 Å². The second kappa shape index (κ2) is 8.44. The molecule has 0 fully saturated rings. The maximum absolute atomic E-state index is 4.69. The number of fused-ring (bicyclic) bond motifs is 1. The van der Waals surface area contributed by atoms with E-state index in [2.05, 4.69) is 77.3 Å².